The van der Waals surface area contributed by atoms with Crippen LogP contribution >= 0.6 is 11.3 Å². The number of phenolic OH excluding ortho intramolecular Hbond substituents is 1. The Morgan fingerprint density at radius 2 is 2.00 bits per heavy atom. The Morgan fingerprint density at radius 1 is 1.33 bits per heavy atom. The first-order valence-corrected chi connectivity index (χ1v) is 7.70. The quantitative estimate of drug-likeness (QED) is 0.447. The number of aromatic nitrogens is 1. The molecule has 0 atom stereocenters. The Morgan fingerprint density at radius 3 is 2.58 bits per heavy atom. The summed E-state index contributed by atoms with van der Waals surface area (Å²) in [5.74, 6) is 0.145. The molecular formula is C15H17N3O5S. The van der Waals surface area contributed by atoms with E-state index in [4.69, 9.17) is 9.47 Å². The first kappa shape index (κ1) is 17.5. The number of nitrogens with one attached hydrogen (secondary N) is 1. The lowest BCUT2D eigenvalue weighted by atomic mass is 10.2. The van der Waals surface area contributed by atoms with Gasteiger partial charge in [-0.05, 0) is 12.1 Å². The molecule has 0 unspecified atom stereocenters. The molecule has 2 aromatic rings. The van der Waals surface area contributed by atoms with Crippen molar-refractivity contribution in [3.8, 4) is 17.2 Å². The van der Waals surface area contributed by atoms with Gasteiger partial charge in [0, 0.05) is 10.9 Å². The molecule has 8 nitrogen and oxygen atoms in total. The van der Waals surface area contributed by atoms with Crippen LogP contribution in [-0.2, 0) is 16.0 Å². The summed E-state index contributed by atoms with van der Waals surface area (Å²) in [4.78, 5) is 15.4. The number of ether oxygens (including phenoxy) is 3. The first-order chi connectivity index (χ1) is 11.6. The predicted molar refractivity (Wildman–Crippen MR) is 90.3 cm³/mol. The van der Waals surface area contributed by atoms with Crippen molar-refractivity contribution in [2.75, 3.05) is 26.8 Å². The summed E-state index contributed by atoms with van der Waals surface area (Å²) in [5, 5.41) is 16.2. The molecule has 0 radical (unpaired) electrons. The lowest BCUT2D eigenvalue weighted by Gasteiger charge is -2.09. The third-order valence-electron chi connectivity index (χ3n) is 2.98. The number of benzene rings is 1. The van der Waals surface area contributed by atoms with Gasteiger partial charge in [-0.15, -0.1) is 11.3 Å². The average Bonchev–Trinajstić information content (AvgIpc) is 3.03. The molecule has 128 valence electrons. The number of hydrazone groups is 1. The van der Waals surface area contributed by atoms with Crippen molar-refractivity contribution >= 4 is 28.7 Å². The van der Waals surface area contributed by atoms with E-state index >= 15 is 0 Å². The smallest absolute Gasteiger partial charge is 0.311 e. The molecule has 0 aliphatic carbocycles. The highest BCUT2D eigenvalue weighted by molar-refractivity contribution is 7.13. The van der Waals surface area contributed by atoms with Crippen LogP contribution in [0, 0.1) is 0 Å². The Labute approximate surface area is 142 Å². The molecule has 0 saturated carbocycles. The highest BCUT2D eigenvalue weighted by Gasteiger charge is 2.10. The number of methoxy groups -OCH3 is 3. The van der Waals surface area contributed by atoms with E-state index in [0.717, 1.165) is 0 Å². The summed E-state index contributed by atoms with van der Waals surface area (Å²) < 4.78 is 14.7. The maximum atomic E-state index is 11.2. The van der Waals surface area contributed by atoms with Gasteiger partial charge in [-0.3, -0.25) is 10.2 Å². The third kappa shape index (κ3) is 4.35. The number of phenols is 1. The summed E-state index contributed by atoms with van der Waals surface area (Å²) in [7, 11) is 4.23. The van der Waals surface area contributed by atoms with E-state index in [2.05, 4.69) is 20.2 Å². The minimum absolute atomic E-state index is 0.0718. The van der Waals surface area contributed by atoms with Crippen molar-refractivity contribution in [3.05, 3.63) is 28.8 Å². The highest BCUT2D eigenvalue weighted by atomic mass is 32.1. The van der Waals surface area contributed by atoms with Gasteiger partial charge in [0.15, 0.2) is 11.5 Å². The number of aromatic hydroxyl groups is 1. The van der Waals surface area contributed by atoms with Gasteiger partial charge in [0.1, 0.15) is 0 Å². The molecule has 1 aromatic heterocycles. The van der Waals surface area contributed by atoms with E-state index in [9.17, 15) is 9.90 Å². The molecule has 2 N–H and O–H groups in total. The van der Waals surface area contributed by atoms with Crippen molar-refractivity contribution in [1.29, 1.82) is 0 Å². The second-order valence-corrected chi connectivity index (χ2v) is 5.40. The summed E-state index contributed by atoms with van der Waals surface area (Å²) in [6.07, 6.45) is 1.65. The van der Waals surface area contributed by atoms with E-state index in [1.54, 1.807) is 17.5 Å². The largest absolute Gasteiger partial charge is 0.502 e. The predicted octanol–water partition coefficient (Wildman–Crippen LogP) is 2.03. The highest BCUT2D eigenvalue weighted by Crippen LogP contribution is 2.36. The van der Waals surface area contributed by atoms with E-state index < -0.39 is 0 Å². The number of hydrogen-bond donors (Lipinski definition) is 2. The van der Waals surface area contributed by atoms with Crippen molar-refractivity contribution in [3.63, 3.8) is 0 Å². The second kappa shape index (κ2) is 8.16. The number of anilines is 1. The Balaban J connectivity index is 2.05. The fourth-order valence-electron chi connectivity index (χ4n) is 1.81. The number of thiazole rings is 1. The van der Waals surface area contributed by atoms with Crippen LogP contribution in [0.4, 0.5) is 5.13 Å². The monoisotopic (exact) mass is 351 g/mol. The zero-order chi connectivity index (χ0) is 17.5. The molecule has 0 aliphatic rings. The molecule has 0 spiro atoms. The van der Waals surface area contributed by atoms with E-state index in [-0.39, 0.29) is 29.6 Å². The molecule has 1 heterocycles. The van der Waals surface area contributed by atoms with Gasteiger partial charge in [-0.2, -0.15) is 5.10 Å². The van der Waals surface area contributed by atoms with Gasteiger partial charge < -0.3 is 19.3 Å². The summed E-state index contributed by atoms with van der Waals surface area (Å²) >= 11 is 1.32. The number of carbonyl (C=O) groups is 1. The van der Waals surface area contributed by atoms with Gasteiger partial charge in [-0.1, -0.05) is 0 Å². The van der Waals surface area contributed by atoms with Gasteiger partial charge in [0.05, 0.1) is 39.7 Å². The second-order valence-electron chi connectivity index (χ2n) is 4.54. The summed E-state index contributed by atoms with van der Waals surface area (Å²) in [6.45, 7) is 0. The fraction of sp³-hybridized carbons (Fsp3) is 0.267. The molecular weight excluding hydrogens is 334 g/mol. The molecule has 0 saturated heterocycles. The number of esters is 1. The normalized spacial score (nSPS) is 10.6. The zero-order valence-corrected chi connectivity index (χ0v) is 14.2. The fourth-order valence-corrected chi connectivity index (χ4v) is 2.47. The lowest BCUT2D eigenvalue weighted by Crippen LogP contribution is -2.04. The lowest BCUT2D eigenvalue weighted by molar-refractivity contribution is -0.139. The molecule has 9 heteroatoms. The van der Waals surface area contributed by atoms with Gasteiger partial charge >= 0.3 is 5.97 Å². The minimum atomic E-state index is -0.348. The van der Waals surface area contributed by atoms with Crippen LogP contribution in [0.15, 0.2) is 22.6 Å². The zero-order valence-electron chi connectivity index (χ0n) is 13.4. The van der Waals surface area contributed by atoms with Crippen LogP contribution in [0.3, 0.4) is 0 Å². The van der Waals surface area contributed by atoms with Crippen LogP contribution in [0.1, 0.15) is 11.3 Å². The molecule has 0 aliphatic heterocycles. The van der Waals surface area contributed by atoms with Crippen molar-refractivity contribution in [2.24, 2.45) is 5.10 Å². The summed E-state index contributed by atoms with van der Waals surface area (Å²) in [6, 6.07) is 3.24. The standard InChI is InChI=1S/C15H17N3O5S/c1-21-11-4-9(5-12(22-2)14(11)20)7-16-18-15-17-10(8-24-15)6-13(19)23-3/h4-5,7-8,20H,6H2,1-3H3,(H,17,18)/b16-7-. The van der Waals surface area contributed by atoms with Crippen molar-refractivity contribution in [2.45, 2.75) is 6.42 Å². The molecule has 0 fully saturated rings. The maximum absolute atomic E-state index is 11.2. The van der Waals surface area contributed by atoms with Crippen LogP contribution in [0.25, 0.3) is 0 Å². The van der Waals surface area contributed by atoms with Gasteiger partial charge in [0.2, 0.25) is 10.9 Å². The minimum Gasteiger partial charge on any atom is -0.502 e. The van der Waals surface area contributed by atoms with Gasteiger partial charge in [-0.25, -0.2) is 4.98 Å². The van der Waals surface area contributed by atoms with Crippen LogP contribution < -0.4 is 14.9 Å². The van der Waals surface area contributed by atoms with Crippen LogP contribution in [0.2, 0.25) is 0 Å². The Hall–Kier alpha value is -2.81. The third-order valence-corrected chi connectivity index (χ3v) is 3.78. The van der Waals surface area contributed by atoms with E-state index in [1.165, 1.54) is 38.9 Å². The van der Waals surface area contributed by atoms with Crippen LogP contribution in [0.5, 0.6) is 17.2 Å². The van der Waals surface area contributed by atoms with Crippen molar-refractivity contribution < 1.29 is 24.1 Å². The Bertz CT molecular complexity index is 719. The van der Waals surface area contributed by atoms with Gasteiger partial charge in [0.25, 0.3) is 0 Å². The number of carbonyl (C=O) groups excluding carboxylic acids is 1. The number of rotatable bonds is 7. The molecule has 0 bridgehead atoms. The molecule has 24 heavy (non-hydrogen) atoms. The number of hydrogen-bond acceptors (Lipinski definition) is 9. The topological polar surface area (TPSA) is 102 Å². The SMILES string of the molecule is COC(=O)Cc1csc(N/N=C\c2cc(OC)c(O)c(OC)c2)n1. The van der Waals surface area contributed by atoms with Crippen molar-refractivity contribution in [1.82, 2.24) is 4.98 Å². The number of nitrogens with zero attached hydrogens (tertiary/aromatic N) is 2. The van der Waals surface area contributed by atoms with E-state index in [0.29, 0.717) is 16.4 Å². The van der Waals surface area contributed by atoms with Crippen LogP contribution in [-0.4, -0.2) is 43.6 Å². The molecule has 1 aromatic carbocycles. The average molecular weight is 351 g/mol. The Kier molecular flexibility index (Phi) is 5.96. The molecule has 2 rings (SSSR count). The molecule has 0 amide bonds. The van der Waals surface area contributed by atoms with E-state index in [1.807, 2.05) is 0 Å². The summed E-state index contributed by atoms with van der Waals surface area (Å²) in [5.41, 5.74) is 4.05. The first-order valence-electron chi connectivity index (χ1n) is 6.82. The maximum Gasteiger partial charge on any atom is 0.311 e.